The summed E-state index contributed by atoms with van der Waals surface area (Å²) >= 11 is 3.04. The molecule has 0 radical (unpaired) electrons. The zero-order chi connectivity index (χ0) is 14.4. The number of nitro groups is 1. The molecule has 0 aromatic heterocycles. The van der Waals surface area contributed by atoms with Crippen LogP contribution in [0.3, 0.4) is 0 Å². The molecule has 1 aromatic rings. The van der Waals surface area contributed by atoms with Crippen LogP contribution < -0.4 is 11.1 Å². The molecule has 0 bridgehead atoms. The maximum absolute atomic E-state index is 11.8. The fraction of sp³-hybridized carbons (Fsp3) is 0.273. The highest BCUT2D eigenvalue weighted by atomic mass is 79.9. The second-order valence-electron chi connectivity index (χ2n) is 3.72. The second-order valence-corrected chi connectivity index (χ2v) is 4.51. The van der Waals surface area contributed by atoms with E-state index in [2.05, 4.69) is 21.2 Å². The molecule has 19 heavy (non-hydrogen) atoms. The largest absolute Gasteiger partial charge is 0.370 e. The van der Waals surface area contributed by atoms with Crippen LogP contribution in [-0.2, 0) is 4.79 Å². The zero-order valence-corrected chi connectivity index (χ0v) is 11.5. The standard InChI is InChI=1S/C11H12BrN3O4/c12-10-7(3-1-4-8(10)15(18)19)11(17)14-6-2-5-9(13)16/h1,3-4H,2,5-6H2,(H2,13,16)(H,14,17). The number of primary amides is 1. The number of nitro benzene ring substituents is 1. The minimum absolute atomic E-state index is 0.132. The lowest BCUT2D eigenvalue weighted by atomic mass is 10.2. The van der Waals surface area contributed by atoms with Crippen LogP contribution in [-0.4, -0.2) is 23.3 Å². The SMILES string of the molecule is NC(=O)CCCNC(=O)c1cccc([N+](=O)[O-])c1Br. The maximum Gasteiger partial charge on any atom is 0.284 e. The van der Waals surface area contributed by atoms with Gasteiger partial charge >= 0.3 is 0 Å². The number of nitrogens with zero attached hydrogens (tertiary/aromatic N) is 1. The van der Waals surface area contributed by atoms with Crippen molar-refractivity contribution >= 4 is 33.4 Å². The Balaban J connectivity index is 2.70. The number of amides is 2. The number of carbonyl (C=O) groups is 2. The average Bonchev–Trinajstić information content (AvgIpc) is 2.34. The van der Waals surface area contributed by atoms with Gasteiger partial charge in [-0.05, 0) is 28.4 Å². The fourth-order valence-corrected chi connectivity index (χ4v) is 1.99. The molecule has 102 valence electrons. The van der Waals surface area contributed by atoms with E-state index < -0.39 is 16.7 Å². The molecule has 0 unspecified atom stereocenters. The molecule has 0 saturated heterocycles. The van der Waals surface area contributed by atoms with Crippen molar-refractivity contribution in [1.82, 2.24) is 5.32 Å². The third-order valence-corrected chi connectivity index (χ3v) is 3.14. The molecule has 0 aliphatic rings. The number of benzene rings is 1. The predicted octanol–water partition coefficient (Wildman–Crippen LogP) is 1.35. The topological polar surface area (TPSA) is 115 Å². The summed E-state index contributed by atoms with van der Waals surface area (Å²) in [5, 5.41) is 13.3. The Kier molecular flexibility index (Phi) is 5.43. The molecule has 8 heteroatoms. The number of nitrogens with one attached hydrogen (secondary N) is 1. The van der Waals surface area contributed by atoms with Gasteiger partial charge < -0.3 is 11.1 Å². The Morgan fingerprint density at radius 2 is 2.11 bits per heavy atom. The summed E-state index contributed by atoms with van der Waals surface area (Å²) < 4.78 is 0.132. The number of hydrogen-bond acceptors (Lipinski definition) is 4. The van der Waals surface area contributed by atoms with Gasteiger partial charge in [0.25, 0.3) is 11.6 Å². The van der Waals surface area contributed by atoms with Gasteiger partial charge in [0.05, 0.1) is 10.5 Å². The second kappa shape index (κ2) is 6.83. The third-order valence-electron chi connectivity index (χ3n) is 2.31. The van der Waals surface area contributed by atoms with Crippen LogP contribution in [0, 0.1) is 10.1 Å². The van der Waals surface area contributed by atoms with Crippen molar-refractivity contribution in [2.75, 3.05) is 6.54 Å². The number of halogens is 1. The minimum atomic E-state index is -0.575. The van der Waals surface area contributed by atoms with Crippen molar-refractivity contribution < 1.29 is 14.5 Å². The van der Waals surface area contributed by atoms with Crippen LogP contribution in [0.1, 0.15) is 23.2 Å². The Hall–Kier alpha value is -1.96. The smallest absolute Gasteiger partial charge is 0.284 e. The van der Waals surface area contributed by atoms with Gasteiger partial charge in [0, 0.05) is 19.0 Å². The van der Waals surface area contributed by atoms with E-state index in [0.29, 0.717) is 6.42 Å². The lowest BCUT2D eigenvalue weighted by Crippen LogP contribution is -2.26. The minimum Gasteiger partial charge on any atom is -0.370 e. The molecule has 2 amide bonds. The maximum atomic E-state index is 11.8. The first kappa shape index (κ1) is 15.1. The Bertz CT molecular complexity index is 519. The molecular formula is C11H12BrN3O4. The average molecular weight is 330 g/mol. The van der Waals surface area contributed by atoms with Crippen molar-refractivity contribution in [3.63, 3.8) is 0 Å². The van der Waals surface area contributed by atoms with Gasteiger partial charge in [-0.15, -0.1) is 0 Å². The molecule has 0 aliphatic carbocycles. The molecular weight excluding hydrogens is 318 g/mol. The first-order valence-corrected chi connectivity index (χ1v) is 6.22. The van der Waals surface area contributed by atoms with Crippen LogP contribution in [0.25, 0.3) is 0 Å². The zero-order valence-electron chi connectivity index (χ0n) is 9.89. The Labute approximate surface area is 117 Å². The highest BCUT2D eigenvalue weighted by Gasteiger charge is 2.18. The lowest BCUT2D eigenvalue weighted by molar-refractivity contribution is -0.385. The van der Waals surface area contributed by atoms with Crippen molar-refractivity contribution in [1.29, 1.82) is 0 Å². The molecule has 1 rings (SSSR count). The normalized spacial score (nSPS) is 9.95. The Morgan fingerprint density at radius 1 is 1.42 bits per heavy atom. The number of hydrogen-bond donors (Lipinski definition) is 2. The summed E-state index contributed by atoms with van der Waals surface area (Å²) in [6.45, 7) is 0.275. The van der Waals surface area contributed by atoms with Gasteiger partial charge in [0.1, 0.15) is 4.47 Å². The fourth-order valence-electron chi connectivity index (χ4n) is 1.40. The van der Waals surface area contributed by atoms with E-state index in [4.69, 9.17) is 5.73 Å². The van der Waals surface area contributed by atoms with Gasteiger partial charge in [-0.25, -0.2) is 0 Å². The molecule has 0 spiro atoms. The summed E-state index contributed by atoms with van der Waals surface area (Å²) in [7, 11) is 0. The number of nitrogens with two attached hydrogens (primary N) is 1. The molecule has 1 aromatic carbocycles. The highest BCUT2D eigenvalue weighted by Crippen LogP contribution is 2.28. The van der Waals surface area contributed by atoms with Gasteiger partial charge in [-0.3, -0.25) is 19.7 Å². The first-order valence-electron chi connectivity index (χ1n) is 5.43. The van der Waals surface area contributed by atoms with E-state index in [9.17, 15) is 19.7 Å². The van der Waals surface area contributed by atoms with E-state index in [-0.39, 0.29) is 28.7 Å². The summed E-state index contributed by atoms with van der Waals surface area (Å²) in [6.07, 6.45) is 0.601. The highest BCUT2D eigenvalue weighted by molar-refractivity contribution is 9.10. The summed E-state index contributed by atoms with van der Waals surface area (Å²) in [5.74, 6) is -0.883. The summed E-state index contributed by atoms with van der Waals surface area (Å²) in [4.78, 5) is 32.5. The predicted molar refractivity (Wildman–Crippen MR) is 71.6 cm³/mol. The van der Waals surface area contributed by atoms with E-state index >= 15 is 0 Å². The van der Waals surface area contributed by atoms with Crippen molar-refractivity contribution in [2.45, 2.75) is 12.8 Å². The van der Waals surface area contributed by atoms with Crippen molar-refractivity contribution in [3.8, 4) is 0 Å². The van der Waals surface area contributed by atoms with Crippen LogP contribution >= 0.6 is 15.9 Å². The van der Waals surface area contributed by atoms with Gasteiger partial charge in [0.15, 0.2) is 0 Å². The number of carbonyl (C=O) groups excluding carboxylic acids is 2. The van der Waals surface area contributed by atoms with Crippen molar-refractivity contribution in [3.05, 3.63) is 38.3 Å². The lowest BCUT2D eigenvalue weighted by Gasteiger charge is -2.06. The quantitative estimate of drug-likeness (QED) is 0.465. The van der Waals surface area contributed by atoms with E-state index in [1.807, 2.05) is 0 Å². The number of rotatable bonds is 6. The van der Waals surface area contributed by atoms with Gasteiger partial charge in [-0.1, -0.05) is 6.07 Å². The molecule has 0 aliphatic heterocycles. The first-order chi connectivity index (χ1) is 8.93. The van der Waals surface area contributed by atoms with Crippen molar-refractivity contribution in [2.24, 2.45) is 5.73 Å². The van der Waals surface area contributed by atoms with E-state index in [1.54, 1.807) is 0 Å². The molecule has 0 atom stereocenters. The monoisotopic (exact) mass is 329 g/mol. The molecule has 0 heterocycles. The Morgan fingerprint density at radius 3 is 2.68 bits per heavy atom. The molecule has 3 N–H and O–H groups in total. The summed E-state index contributed by atoms with van der Waals surface area (Å²) in [6, 6.07) is 4.20. The summed E-state index contributed by atoms with van der Waals surface area (Å²) in [5.41, 5.74) is 4.96. The van der Waals surface area contributed by atoms with E-state index in [1.165, 1.54) is 18.2 Å². The molecule has 7 nitrogen and oxygen atoms in total. The van der Waals surface area contributed by atoms with Crippen LogP contribution in [0.4, 0.5) is 5.69 Å². The van der Waals surface area contributed by atoms with Crippen LogP contribution in [0.2, 0.25) is 0 Å². The van der Waals surface area contributed by atoms with Crippen LogP contribution in [0.15, 0.2) is 22.7 Å². The molecule has 0 saturated carbocycles. The van der Waals surface area contributed by atoms with Gasteiger partial charge in [0.2, 0.25) is 5.91 Å². The van der Waals surface area contributed by atoms with Crippen LogP contribution in [0.5, 0.6) is 0 Å². The van der Waals surface area contributed by atoms with Gasteiger partial charge in [-0.2, -0.15) is 0 Å². The molecule has 0 fully saturated rings. The third kappa shape index (κ3) is 4.32. The van der Waals surface area contributed by atoms with E-state index in [0.717, 1.165) is 0 Å².